The third kappa shape index (κ3) is 2.70. The first-order chi connectivity index (χ1) is 4.39. The zero-order valence-corrected chi connectivity index (χ0v) is 7.94. The molecule has 0 amide bonds. The molecule has 0 saturated carbocycles. The van der Waals surface area contributed by atoms with Gasteiger partial charge in [-0.25, -0.2) is 0 Å². The van der Waals surface area contributed by atoms with Gasteiger partial charge in [0, 0.05) is 6.04 Å². The van der Waals surface area contributed by atoms with E-state index in [0.29, 0.717) is 12.0 Å². The lowest BCUT2D eigenvalue weighted by Gasteiger charge is -2.31. The Labute approximate surface area is 65.0 Å². The fourth-order valence-corrected chi connectivity index (χ4v) is 1.11. The van der Waals surface area contributed by atoms with Crippen LogP contribution in [0.15, 0.2) is 0 Å². The molecule has 0 aromatic carbocycles. The van der Waals surface area contributed by atoms with Gasteiger partial charge in [-0.05, 0) is 11.3 Å². The summed E-state index contributed by atoms with van der Waals surface area (Å²) in [5, 5.41) is 0. The molecule has 2 atom stereocenters. The zero-order valence-electron chi connectivity index (χ0n) is 7.94. The minimum Gasteiger partial charge on any atom is -0.327 e. The monoisotopic (exact) mass is 143 g/mol. The number of hydrogen-bond acceptors (Lipinski definition) is 1. The van der Waals surface area contributed by atoms with Crippen LogP contribution in [0.25, 0.3) is 0 Å². The molecule has 0 aromatic heterocycles. The minimum atomic E-state index is 0.259. The third-order valence-electron chi connectivity index (χ3n) is 2.26. The summed E-state index contributed by atoms with van der Waals surface area (Å²) in [6, 6.07) is 0.331. The average molecular weight is 143 g/mol. The molecule has 0 bridgehead atoms. The first-order valence-corrected chi connectivity index (χ1v) is 4.15. The molecule has 1 heteroatoms. The summed E-state index contributed by atoms with van der Waals surface area (Å²) in [6.45, 7) is 11.0. The fourth-order valence-electron chi connectivity index (χ4n) is 1.11. The van der Waals surface area contributed by atoms with Crippen LogP contribution in [0.1, 0.15) is 41.0 Å². The van der Waals surface area contributed by atoms with Crippen molar-refractivity contribution in [2.75, 3.05) is 0 Å². The summed E-state index contributed by atoms with van der Waals surface area (Å²) in [5.41, 5.74) is 6.26. The Morgan fingerprint density at radius 3 is 1.80 bits per heavy atom. The lowest BCUT2D eigenvalue weighted by molar-refractivity contribution is 0.244. The van der Waals surface area contributed by atoms with Crippen LogP contribution in [0.4, 0.5) is 0 Å². The van der Waals surface area contributed by atoms with Crippen LogP contribution in [0.2, 0.25) is 0 Å². The normalized spacial score (nSPS) is 18.6. The highest BCUT2D eigenvalue weighted by Gasteiger charge is 2.24. The van der Waals surface area contributed by atoms with Gasteiger partial charge in [0.05, 0.1) is 0 Å². The van der Waals surface area contributed by atoms with Crippen molar-refractivity contribution in [2.24, 2.45) is 17.1 Å². The molecule has 0 rings (SSSR count). The van der Waals surface area contributed by atoms with E-state index in [-0.39, 0.29) is 5.41 Å². The molecule has 0 aliphatic rings. The summed E-state index contributed by atoms with van der Waals surface area (Å²) in [5.74, 6) is 0.639. The maximum Gasteiger partial charge on any atom is 0.0113 e. The second-order valence-electron chi connectivity index (χ2n) is 4.28. The topological polar surface area (TPSA) is 26.0 Å². The van der Waals surface area contributed by atoms with Crippen LogP contribution in [-0.4, -0.2) is 6.04 Å². The van der Waals surface area contributed by atoms with Crippen molar-refractivity contribution in [1.82, 2.24) is 0 Å². The predicted molar refractivity (Wildman–Crippen MR) is 46.9 cm³/mol. The first kappa shape index (κ1) is 9.96. The van der Waals surface area contributed by atoms with E-state index in [0.717, 1.165) is 0 Å². The maximum atomic E-state index is 6.00. The van der Waals surface area contributed by atoms with Gasteiger partial charge in [0.15, 0.2) is 0 Å². The molecule has 2 N–H and O–H groups in total. The Hall–Kier alpha value is -0.0400. The highest BCUT2D eigenvalue weighted by atomic mass is 14.7. The third-order valence-corrected chi connectivity index (χ3v) is 2.26. The second-order valence-corrected chi connectivity index (χ2v) is 4.28. The summed E-state index contributed by atoms with van der Waals surface area (Å²) in [7, 11) is 0. The Morgan fingerprint density at radius 1 is 1.30 bits per heavy atom. The molecule has 0 radical (unpaired) electrons. The molecule has 0 spiro atoms. The molecule has 0 saturated heterocycles. The average Bonchev–Trinajstić information content (AvgIpc) is 1.83. The van der Waals surface area contributed by atoms with Crippen molar-refractivity contribution >= 4 is 0 Å². The molecular formula is C9H21N. The van der Waals surface area contributed by atoms with Gasteiger partial charge in [0.1, 0.15) is 0 Å². The molecule has 62 valence electrons. The summed E-state index contributed by atoms with van der Waals surface area (Å²) in [4.78, 5) is 0. The standard InChI is InChI=1S/C9H21N/c1-6-7(2)8(10)9(3,4)5/h7-8H,6,10H2,1-5H3/t7-,8+/m1/s1. The van der Waals surface area contributed by atoms with Gasteiger partial charge in [-0.2, -0.15) is 0 Å². The molecule has 10 heavy (non-hydrogen) atoms. The highest BCUT2D eigenvalue weighted by molar-refractivity contribution is 4.80. The van der Waals surface area contributed by atoms with E-state index in [9.17, 15) is 0 Å². The lowest BCUT2D eigenvalue weighted by atomic mass is 9.79. The van der Waals surface area contributed by atoms with Gasteiger partial charge in [-0.1, -0.05) is 41.0 Å². The van der Waals surface area contributed by atoms with Crippen LogP contribution in [0, 0.1) is 11.3 Å². The smallest absolute Gasteiger partial charge is 0.0113 e. The van der Waals surface area contributed by atoms with Gasteiger partial charge in [-0.3, -0.25) is 0 Å². The van der Waals surface area contributed by atoms with E-state index < -0.39 is 0 Å². The van der Waals surface area contributed by atoms with Gasteiger partial charge >= 0.3 is 0 Å². The zero-order chi connectivity index (χ0) is 8.36. The largest absolute Gasteiger partial charge is 0.327 e. The van der Waals surface area contributed by atoms with Crippen LogP contribution in [-0.2, 0) is 0 Å². The molecule has 0 unspecified atom stereocenters. The fraction of sp³-hybridized carbons (Fsp3) is 1.00. The first-order valence-electron chi connectivity index (χ1n) is 4.15. The van der Waals surface area contributed by atoms with E-state index in [4.69, 9.17) is 5.73 Å². The van der Waals surface area contributed by atoms with Crippen LogP contribution >= 0.6 is 0 Å². The highest BCUT2D eigenvalue weighted by Crippen LogP contribution is 2.24. The minimum absolute atomic E-state index is 0.259. The van der Waals surface area contributed by atoms with Gasteiger partial charge in [-0.15, -0.1) is 0 Å². The molecular weight excluding hydrogens is 122 g/mol. The van der Waals surface area contributed by atoms with Crippen LogP contribution in [0.3, 0.4) is 0 Å². The quantitative estimate of drug-likeness (QED) is 0.631. The van der Waals surface area contributed by atoms with Crippen molar-refractivity contribution < 1.29 is 0 Å². The molecule has 0 aromatic rings. The molecule has 0 heterocycles. The van der Waals surface area contributed by atoms with E-state index in [2.05, 4.69) is 34.6 Å². The molecule has 0 fully saturated rings. The molecule has 0 aliphatic heterocycles. The van der Waals surface area contributed by atoms with Crippen molar-refractivity contribution in [3.63, 3.8) is 0 Å². The Morgan fingerprint density at radius 2 is 1.70 bits per heavy atom. The maximum absolute atomic E-state index is 6.00. The Balaban J connectivity index is 3.94. The van der Waals surface area contributed by atoms with Crippen molar-refractivity contribution in [3.05, 3.63) is 0 Å². The van der Waals surface area contributed by atoms with Crippen molar-refractivity contribution in [3.8, 4) is 0 Å². The SMILES string of the molecule is CC[C@@H](C)[C@H](N)C(C)(C)C. The van der Waals surface area contributed by atoms with Gasteiger partial charge in [0.2, 0.25) is 0 Å². The molecule has 1 nitrogen and oxygen atoms in total. The number of hydrogen-bond donors (Lipinski definition) is 1. The van der Waals surface area contributed by atoms with Crippen molar-refractivity contribution in [1.29, 1.82) is 0 Å². The Bertz CT molecular complexity index is 91.4. The van der Waals surface area contributed by atoms with E-state index in [1.807, 2.05) is 0 Å². The summed E-state index contributed by atoms with van der Waals surface area (Å²) >= 11 is 0. The predicted octanol–water partition coefficient (Wildman–Crippen LogP) is 2.41. The number of nitrogens with two attached hydrogens (primary N) is 1. The van der Waals surface area contributed by atoms with E-state index >= 15 is 0 Å². The van der Waals surface area contributed by atoms with Gasteiger partial charge in [0.25, 0.3) is 0 Å². The Kier molecular flexibility index (Phi) is 3.37. The van der Waals surface area contributed by atoms with Gasteiger partial charge < -0.3 is 5.73 Å². The van der Waals surface area contributed by atoms with Crippen molar-refractivity contribution in [2.45, 2.75) is 47.1 Å². The lowest BCUT2D eigenvalue weighted by Crippen LogP contribution is -2.40. The van der Waals surface area contributed by atoms with Crippen LogP contribution < -0.4 is 5.73 Å². The van der Waals surface area contributed by atoms with E-state index in [1.165, 1.54) is 6.42 Å². The van der Waals surface area contributed by atoms with E-state index in [1.54, 1.807) is 0 Å². The second kappa shape index (κ2) is 3.38. The summed E-state index contributed by atoms with van der Waals surface area (Å²) < 4.78 is 0. The van der Waals surface area contributed by atoms with Crippen LogP contribution in [0.5, 0.6) is 0 Å². The molecule has 0 aliphatic carbocycles. The summed E-state index contributed by atoms with van der Waals surface area (Å²) in [6.07, 6.45) is 1.18. The number of rotatable bonds is 2.